The molecule has 0 fully saturated rings. The lowest BCUT2D eigenvalue weighted by Gasteiger charge is -2.33. The first kappa shape index (κ1) is 31.1. The van der Waals surface area contributed by atoms with Crippen molar-refractivity contribution in [1.82, 2.24) is 10.2 Å². The molecule has 0 aliphatic heterocycles. The van der Waals surface area contributed by atoms with Crippen molar-refractivity contribution in [1.29, 1.82) is 0 Å². The summed E-state index contributed by atoms with van der Waals surface area (Å²) in [5, 5.41) is 3.25. The van der Waals surface area contributed by atoms with Crippen LogP contribution >= 0.6 is 23.2 Å². The smallest absolute Gasteiger partial charge is 0.244 e. The number of carbonyl (C=O) groups excluding carboxylic acids is 2. The van der Waals surface area contributed by atoms with Gasteiger partial charge < -0.3 is 19.7 Å². The Morgan fingerprint density at radius 2 is 1.62 bits per heavy atom. The third kappa shape index (κ3) is 7.80. The average Bonchev–Trinajstić information content (AvgIpc) is 2.94. The Morgan fingerprint density at radius 3 is 2.20 bits per heavy atom. The lowest BCUT2D eigenvalue weighted by molar-refractivity contribution is -0.139. The Balaban J connectivity index is 2.10. The van der Waals surface area contributed by atoms with Gasteiger partial charge in [0.05, 0.1) is 36.2 Å². The first-order valence-corrected chi connectivity index (χ1v) is 14.8. The SMILES string of the molecule is CNC(=O)C(Cc1ccccc1)N(Cc1ccc(Cl)c(Cl)c1)C(=O)CN(c1cc(OC)ccc1OC)S(C)(=O)=O. The largest absolute Gasteiger partial charge is 0.497 e. The van der Waals surface area contributed by atoms with Gasteiger partial charge in [0.2, 0.25) is 21.8 Å². The van der Waals surface area contributed by atoms with Crippen LogP contribution in [0.1, 0.15) is 11.1 Å². The predicted molar refractivity (Wildman–Crippen MR) is 157 cm³/mol. The molecule has 3 rings (SSSR count). The summed E-state index contributed by atoms with van der Waals surface area (Å²) in [6.45, 7) is -0.639. The van der Waals surface area contributed by atoms with Crippen molar-refractivity contribution < 1.29 is 27.5 Å². The Bertz CT molecular complexity index is 1450. The van der Waals surface area contributed by atoms with Gasteiger partial charge in [-0.2, -0.15) is 0 Å². The second-order valence-corrected chi connectivity index (χ2v) is 11.6. The molecule has 2 amide bonds. The molecule has 12 heteroatoms. The first-order valence-electron chi connectivity index (χ1n) is 12.2. The fourth-order valence-electron chi connectivity index (χ4n) is 4.14. The van der Waals surface area contributed by atoms with E-state index in [9.17, 15) is 18.0 Å². The minimum atomic E-state index is -3.99. The van der Waals surface area contributed by atoms with Gasteiger partial charge in [0.1, 0.15) is 24.1 Å². The van der Waals surface area contributed by atoms with E-state index >= 15 is 0 Å². The maximum atomic E-state index is 14.0. The van der Waals surface area contributed by atoms with E-state index in [4.69, 9.17) is 32.7 Å². The summed E-state index contributed by atoms with van der Waals surface area (Å²) < 4.78 is 37.6. The van der Waals surface area contributed by atoms with Crippen molar-refractivity contribution in [2.75, 3.05) is 38.4 Å². The van der Waals surface area contributed by atoms with Crippen LogP contribution in [0.15, 0.2) is 66.7 Å². The molecule has 0 spiro atoms. The topological polar surface area (TPSA) is 105 Å². The number of carbonyl (C=O) groups is 2. The molecule has 0 aliphatic carbocycles. The van der Waals surface area contributed by atoms with Crippen LogP contribution in [0.3, 0.4) is 0 Å². The molecule has 0 aromatic heterocycles. The third-order valence-electron chi connectivity index (χ3n) is 6.19. The van der Waals surface area contributed by atoms with E-state index in [1.807, 2.05) is 30.3 Å². The molecule has 9 nitrogen and oxygen atoms in total. The van der Waals surface area contributed by atoms with Gasteiger partial charge in [0.25, 0.3) is 0 Å². The molecule has 3 aromatic carbocycles. The number of nitrogens with zero attached hydrogens (tertiary/aromatic N) is 2. The summed E-state index contributed by atoms with van der Waals surface area (Å²) in [5.41, 5.74) is 1.54. The van der Waals surface area contributed by atoms with Crippen LogP contribution in [-0.4, -0.2) is 65.2 Å². The van der Waals surface area contributed by atoms with Gasteiger partial charge in [-0.15, -0.1) is 0 Å². The van der Waals surface area contributed by atoms with Crippen LogP contribution in [0.2, 0.25) is 10.0 Å². The second-order valence-electron chi connectivity index (χ2n) is 8.90. The van der Waals surface area contributed by atoms with Crippen LogP contribution in [-0.2, 0) is 32.6 Å². The highest BCUT2D eigenvalue weighted by atomic mass is 35.5. The van der Waals surface area contributed by atoms with Crippen LogP contribution in [0, 0.1) is 0 Å². The lowest BCUT2D eigenvalue weighted by atomic mass is 10.0. The number of anilines is 1. The van der Waals surface area contributed by atoms with Crippen molar-refractivity contribution in [2.24, 2.45) is 0 Å². The Labute approximate surface area is 244 Å². The summed E-state index contributed by atoms with van der Waals surface area (Å²) in [6, 6.07) is 17.8. The highest BCUT2D eigenvalue weighted by Crippen LogP contribution is 2.34. The van der Waals surface area contributed by atoms with Crippen molar-refractivity contribution >= 4 is 50.7 Å². The zero-order valence-electron chi connectivity index (χ0n) is 22.6. The number of hydrogen-bond acceptors (Lipinski definition) is 6. The number of rotatable bonds is 12. The zero-order valence-corrected chi connectivity index (χ0v) is 24.9. The van der Waals surface area contributed by atoms with Gasteiger partial charge in [0.15, 0.2) is 0 Å². The molecule has 214 valence electrons. The number of ether oxygens (including phenoxy) is 2. The fraction of sp³-hybridized carbons (Fsp3) is 0.286. The molecule has 1 N–H and O–H groups in total. The molecule has 0 radical (unpaired) electrons. The summed E-state index contributed by atoms with van der Waals surface area (Å²) >= 11 is 12.3. The van der Waals surface area contributed by atoms with Gasteiger partial charge in [-0.25, -0.2) is 8.42 Å². The molecule has 0 saturated heterocycles. The Kier molecular flexibility index (Phi) is 10.7. The predicted octanol–water partition coefficient (Wildman–Crippen LogP) is 4.16. The van der Waals surface area contributed by atoms with E-state index in [-0.39, 0.29) is 29.4 Å². The molecule has 0 heterocycles. The number of methoxy groups -OCH3 is 2. The lowest BCUT2D eigenvalue weighted by Crippen LogP contribution is -2.52. The van der Waals surface area contributed by atoms with E-state index < -0.39 is 34.4 Å². The number of likely N-dealkylation sites (N-methyl/N-ethyl adjacent to an activating group) is 1. The molecule has 0 saturated carbocycles. The van der Waals surface area contributed by atoms with Gasteiger partial charge in [0, 0.05) is 26.1 Å². The van der Waals surface area contributed by atoms with Gasteiger partial charge >= 0.3 is 0 Å². The molecular weight excluding hydrogens is 577 g/mol. The molecule has 3 aromatic rings. The monoisotopic (exact) mass is 607 g/mol. The van der Waals surface area contributed by atoms with Crippen LogP contribution in [0.4, 0.5) is 5.69 Å². The number of amides is 2. The van der Waals surface area contributed by atoms with Crippen molar-refractivity contribution in [2.45, 2.75) is 19.0 Å². The Hall–Kier alpha value is -3.47. The highest BCUT2D eigenvalue weighted by Gasteiger charge is 2.33. The molecule has 0 aliphatic rings. The van der Waals surface area contributed by atoms with Gasteiger partial charge in [-0.3, -0.25) is 13.9 Å². The maximum Gasteiger partial charge on any atom is 0.244 e. The summed E-state index contributed by atoms with van der Waals surface area (Å²) in [6.07, 6.45) is 1.18. The van der Waals surface area contributed by atoms with E-state index in [1.165, 1.54) is 32.2 Å². The van der Waals surface area contributed by atoms with E-state index in [0.717, 1.165) is 16.1 Å². The summed E-state index contributed by atoms with van der Waals surface area (Å²) in [4.78, 5) is 28.6. The van der Waals surface area contributed by atoms with Crippen LogP contribution in [0.25, 0.3) is 0 Å². The van der Waals surface area contributed by atoms with Gasteiger partial charge in [-0.05, 0) is 35.4 Å². The van der Waals surface area contributed by atoms with E-state index in [1.54, 1.807) is 30.3 Å². The van der Waals surface area contributed by atoms with Crippen LogP contribution in [0.5, 0.6) is 11.5 Å². The van der Waals surface area contributed by atoms with Crippen molar-refractivity contribution in [3.8, 4) is 11.5 Å². The number of sulfonamides is 1. The second kappa shape index (κ2) is 13.7. The number of nitrogens with one attached hydrogen (secondary N) is 1. The molecule has 40 heavy (non-hydrogen) atoms. The minimum Gasteiger partial charge on any atom is -0.497 e. The van der Waals surface area contributed by atoms with E-state index in [2.05, 4.69) is 5.32 Å². The summed E-state index contributed by atoms with van der Waals surface area (Å²) in [7, 11) is 0.327. The standard InChI is InChI=1S/C28H31Cl2N3O6S/c1-31-28(35)25(15-19-8-6-5-7-9-19)32(17-20-10-12-22(29)23(30)14-20)27(34)18-33(40(4,36)37)24-16-21(38-2)11-13-26(24)39-3/h5-14,16,25H,15,17-18H2,1-4H3,(H,31,35). The fourth-order valence-corrected chi connectivity index (χ4v) is 5.31. The maximum absolute atomic E-state index is 14.0. The highest BCUT2D eigenvalue weighted by molar-refractivity contribution is 7.92. The molecular formula is C28H31Cl2N3O6S. The normalized spacial score (nSPS) is 11.8. The molecule has 1 atom stereocenters. The summed E-state index contributed by atoms with van der Waals surface area (Å²) in [5.74, 6) is -0.438. The number of hydrogen-bond donors (Lipinski definition) is 1. The molecule has 1 unspecified atom stereocenters. The number of halogens is 2. The quantitative estimate of drug-likeness (QED) is 0.331. The Morgan fingerprint density at radius 1 is 0.925 bits per heavy atom. The first-order chi connectivity index (χ1) is 19.0. The minimum absolute atomic E-state index is 0.0342. The van der Waals surface area contributed by atoms with Gasteiger partial charge in [-0.1, -0.05) is 59.6 Å². The van der Waals surface area contributed by atoms with Crippen LogP contribution < -0.4 is 19.1 Å². The van der Waals surface area contributed by atoms with E-state index in [0.29, 0.717) is 16.3 Å². The van der Waals surface area contributed by atoms with Crippen molar-refractivity contribution in [3.05, 3.63) is 87.9 Å². The average molecular weight is 609 g/mol. The number of benzene rings is 3. The molecule has 0 bridgehead atoms. The third-order valence-corrected chi connectivity index (χ3v) is 8.05. The zero-order chi connectivity index (χ0) is 29.4. The van der Waals surface area contributed by atoms with Crippen molar-refractivity contribution in [3.63, 3.8) is 0 Å².